The van der Waals surface area contributed by atoms with E-state index in [4.69, 9.17) is 0 Å². The molecule has 0 radical (unpaired) electrons. The van der Waals surface area contributed by atoms with Crippen LogP contribution in [0.2, 0.25) is 0 Å². The maximum atomic E-state index is 2.45. The summed E-state index contributed by atoms with van der Waals surface area (Å²) in [5.41, 5.74) is 0. The van der Waals surface area contributed by atoms with Crippen molar-refractivity contribution in [3.05, 3.63) is 0 Å². The minimum absolute atomic E-state index is 0. The fourth-order valence-corrected chi connectivity index (χ4v) is 5.68. The first-order valence-electron chi connectivity index (χ1n) is 17.0. The van der Waals surface area contributed by atoms with E-state index in [9.17, 15) is 0 Å². The van der Waals surface area contributed by atoms with E-state index in [0.29, 0.717) is 0 Å². The summed E-state index contributed by atoms with van der Waals surface area (Å²) in [5, 5.41) is 0. The smallest absolute Gasteiger partial charge is 0.0784 e. The summed E-state index contributed by atoms with van der Waals surface area (Å²) >= 11 is 0. The number of halogens is 2. The average molecular weight is 671 g/mol. The topological polar surface area (TPSA) is 0 Å². The average Bonchev–Trinajstić information content (AvgIpc) is 2.84. The van der Waals surface area contributed by atoms with Gasteiger partial charge in [-0.05, 0) is 19.3 Å². The molecule has 0 atom stereocenters. The van der Waals surface area contributed by atoms with Crippen LogP contribution in [-0.2, 0) is 0 Å². The Kier molecular flexibility index (Phi) is 35.2. The normalized spacial score (nSPS) is 11.8. The fourth-order valence-electron chi connectivity index (χ4n) is 5.68. The van der Waals surface area contributed by atoms with Crippen molar-refractivity contribution < 1.29 is 42.9 Å². The minimum Gasteiger partial charge on any atom is -1.00 e. The van der Waals surface area contributed by atoms with Gasteiger partial charge in [-0.2, -0.15) is 0 Å². The van der Waals surface area contributed by atoms with Crippen molar-refractivity contribution in [1.29, 1.82) is 0 Å². The molecule has 4 heteroatoms. The standard InChI is InChI=1S/C34H74N2.2BrH/c1-7-9-11-12-13-14-15-16-17-18-19-20-21-22-23-24-25-26-27-28-32-36(5,6)34-30-29-33-35(3,4)31-10-8-2;;/h7-34H2,1-6H3;2*1H/q+2;;/p-2. The van der Waals surface area contributed by atoms with Gasteiger partial charge in [0.15, 0.2) is 0 Å². The number of hydrogen-bond donors (Lipinski definition) is 0. The monoisotopic (exact) mass is 668 g/mol. The van der Waals surface area contributed by atoms with Gasteiger partial charge in [0.05, 0.1) is 54.4 Å². The molecular formula is C34H74Br2N2. The summed E-state index contributed by atoms with van der Waals surface area (Å²) in [7, 11) is 9.73. The van der Waals surface area contributed by atoms with E-state index in [2.05, 4.69) is 42.0 Å². The van der Waals surface area contributed by atoms with Crippen molar-refractivity contribution in [2.75, 3.05) is 54.4 Å². The van der Waals surface area contributed by atoms with Crippen LogP contribution in [0.1, 0.15) is 168 Å². The molecule has 0 amide bonds. The number of unbranched alkanes of at least 4 members (excludes halogenated alkanes) is 21. The summed E-state index contributed by atoms with van der Waals surface area (Å²) in [6, 6.07) is 0. The molecule has 0 aliphatic carbocycles. The lowest BCUT2D eigenvalue weighted by molar-refractivity contribution is -0.897. The van der Waals surface area contributed by atoms with E-state index in [1.54, 1.807) is 0 Å². The lowest BCUT2D eigenvalue weighted by Crippen LogP contribution is -3.00. The maximum absolute atomic E-state index is 2.45. The van der Waals surface area contributed by atoms with Gasteiger partial charge in [-0.15, -0.1) is 0 Å². The zero-order valence-corrected chi connectivity index (χ0v) is 30.6. The number of hydrogen-bond acceptors (Lipinski definition) is 0. The van der Waals surface area contributed by atoms with Gasteiger partial charge in [0.2, 0.25) is 0 Å². The number of quaternary nitrogens is 2. The summed E-state index contributed by atoms with van der Waals surface area (Å²) < 4.78 is 2.43. The van der Waals surface area contributed by atoms with Crippen LogP contribution in [0.4, 0.5) is 0 Å². The molecule has 0 saturated carbocycles. The molecule has 0 rings (SSSR count). The zero-order valence-electron chi connectivity index (χ0n) is 27.4. The first kappa shape index (κ1) is 43.3. The van der Waals surface area contributed by atoms with E-state index in [-0.39, 0.29) is 34.0 Å². The Hall–Kier alpha value is 0.880. The zero-order chi connectivity index (χ0) is 26.8. The number of nitrogens with zero attached hydrogens (tertiary/aromatic N) is 2. The van der Waals surface area contributed by atoms with Gasteiger partial charge in [0.1, 0.15) is 0 Å². The van der Waals surface area contributed by atoms with Crippen LogP contribution in [0, 0.1) is 0 Å². The molecule has 0 fully saturated rings. The van der Waals surface area contributed by atoms with Gasteiger partial charge in [-0.25, -0.2) is 0 Å². The predicted octanol–water partition coefficient (Wildman–Crippen LogP) is 4.55. The largest absolute Gasteiger partial charge is 1.00 e. The summed E-state index contributed by atoms with van der Waals surface area (Å²) in [6.45, 7) is 10.0. The van der Waals surface area contributed by atoms with Crippen molar-refractivity contribution in [2.24, 2.45) is 0 Å². The maximum Gasteiger partial charge on any atom is 0.0784 e. The van der Waals surface area contributed by atoms with Crippen LogP contribution in [0.3, 0.4) is 0 Å². The van der Waals surface area contributed by atoms with Gasteiger partial charge >= 0.3 is 0 Å². The van der Waals surface area contributed by atoms with E-state index in [0.717, 1.165) is 0 Å². The molecule has 0 aromatic rings. The minimum atomic E-state index is 0. The highest BCUT2D eigenvalue weighted by molar-refractivity contribution is 4.51. The molecule has 38 heavy (non-hydrogen) atoms. The molecule has 0 aliphatic rings. The van der Waals surface area contributed by atoms with Crippen LogP contribution in [0.15, 0.2) is 0 Å². The van der Waals surface area contributed by atoms with Crippen LogP contribution in [0.25, 0.3) is 0 Å². The summed E-state index contributed by atoms with van der Waals surface area (Å²) in [4.78, 5) is 0. The van der Waals surface area contributed by atoms with Crippen molar-refractivity contribution in [2.45, 2.75) is 168 Å². The van der Waals surface area contributed by atoms with Crippen molar-refractivity contribution >= 4 is 0 Å². The lowest BCUT2D eigenvalue weighted by Gasteiger charge is -2.32. The first-order chi connectivity index (χ1) is 17.3. The van der Waals surface area contributed by atoms with Gasteiger partial charge in [0, 0.05) is 12.8 Å². The molecule has 0 aromatic carbocycles. The Labute approximate surface area is 264 Å². The molecule has 0 spiro atoms. The molecule has 234 valence electrons. The van der Waals surface area contributed by atoms with Gasteiger partial charge in [0.25, 0.3) is 0 Å². The first-order valence-corrected chi connectivity index (χ1v) is 17.0. The third kappa shape index (κ3) is 33.1. The highest BCUT2D eigenvalue weighted by Gasteiger charge is 2.17. The quantitative estimate of drug-likeness (QED) is 0.0810. The van der Waals surface area contributed by atoms with Crippen LogP contribution >= 0.6 is 0 Å². The Morgan fingerprint density at radius 3 is 0.711 bits per heavy atom. The molecule has 2 nitrogen and oxygen atoms in total. The molecule has 0 bridgehead atoms. The highest BCUT2D eigenvalue weighted by Crippen LogP contribution is 2.15. The summed E-state index contributed by atoms with van der Waals surface area (Å²) in [6.07, 6.45) is 34.8. The van der Waals surface area contributed by atoms with E-state index < -0.39 is 0 Å². The Balaban J connectivity index is -0.00000612. The second-order valence-corrected chi connectivity index (χ2v) is 13.5. The molecular weight excluding hydrogens is 596 g/mol. The lowest BCUT2D eigenvalue weighted by atomic mass is 10.0. The van der Waals surface area contributed by atoms with E-state index >= 15 is 0 Å². The van der Waals surface area contributed by atoms with Gasteiger partial charge in [-0.3, -0.25) is 0 Å². The van der Waals surface area contributed by atoms with E-state index in [1.807, 2.05) is 0 Å². The van der Waals surface area contributed by atoms with Crippen molar-refractivity contribution in [3.63, 3.8) is 0 Å². The van der Waals surface area contributed by atoms with Crippen molar-refractivity contribution in [3.8, 4) is 0 Å². The predicted molar refractivity (Wildman–Crippen MR) is 166 cm³/mol. The van der Waals surface area contributed by atoms with Gasteiger partial charge < -0.3 is 42.9 Å². The van der Waals surface area contributed by atoms with E-state index in [1.165, 1.54) is 189 Å². The highest BCUT2D eigenvalue weighted by atomic mass is 79.9. The fraction of sp³-hybridized carbons (Fsp3) is 1.00. The molecule has 0 aromatic heterocycles. The molecule has 0 saturated heterocycles. The van der Waals surface area contributed by atoms with Crippen LogP contribution < -0.4 is 34.0 Å². The SMILES string of the molecule is CCCCCCCCCCCCCCCCCCCCCC[N+](C)(C)CCCC[N+](C)(C)CCCC.[Br-].[Br-]. The van der Waals surface area contributed by atoms with Crippen molar-refractivity contribution in [1.82, 2.24) is 0 Å². The molecule has 0 unspecified atom stereocenters. The third-order valence-corrected chi connectivity index (χ3v) is 8.51. The molecule has 0 heterocycles. The third-order valence-electron chi connectivity index (χ3n) is 8.51. The second-order valence-electron chi connectivity index (χ2n) is 13.5. The Bertz CT molecular complexity index is 440. The second kappa shape index (κ2) is 30.8. The molecule has 0 aliphatic heterocycles. The number of rotatable bonds is 29. The molecule has 0 N–H and O–H groups in total. The Morgan fingerprint density at radius 2 is 0.447 bits per heavy atom. The van der Waals surface area contributed by atoms with Crippen LogP contribution in [0.5, 0.6) is 0 Å². The van der Waals surface area contributed by atoms with Gasteiger partial charge in [-0.1, -0.05) is 136 Å². The Morgan fingerprint density at radius 1 is 0.263 bits per heavy atom. The summed E-state index contributed by atoms with van der Waals surface area (Å²) in [5.74, 6) is 0. The van der Waals surface area contributed by atoms with Crippen LogP contribution in [-0.4, -0.2) is 63.3 Å².